The van der Waals surface area contributed by atoms with Gasteiger partial charge in [-0.1, -0.05) is 11.6 Å². The van der Waals surface area contributed by atoms with E-state index in [0.717, 1.165) is 12.8 Å². The van der Waals surface area contributed by atoms with Crippen LogP contribution in [-0.4, -0.2) is 22.1 Å². The number of aromatic nitrogens is 1. The molecule has 0 atom stereocenters. The van der Waals surface area contributed by atoms with Crippen LogP contribution in [0.3, 0.4) is 0 Å². The largest absolute Gasteiger partial charge is 0.488 e. The lowest BCUT2D eigenvalue weighted by atomic mass is 9.98. The van der Waals surface area contributed by atoms with Gasteiger partial charge in [-0.3, -0.25) is 4.98 Å². The van der Waals surface area contributed by atoms with E-state index in [1.165, 1.54) is 19.3 Å². The van der Waals surface area contributed by atoms with Gasteiger partial charge in [-0.15, -0.1) is 0 Å². The summed E-state index contributed by atoms with van der Waals surface area (Å²) >= 11 is 0. The van der Waals surface area contributed by atoms with Gasteiger partial charge in [-0.25, -0.2) is 0 Å². The van der Waals surface area contributed by atoms with Crippen LogP contribution in [0.1, 0.15) is 37.7 Å². The third kappa shape index (κ3) is 2.87. The second kappa shape index (κ2) is 5.52. The van der Waals surface area contributed by atoms with Crippen LogP contribution in [0.5, 0.6) is 5.75 Å². The maximum Gasteiger partial charge on any atom is 0.173 e. The quantitative estimate of drug-likeness (QED) is 0.363. The number of hydrogen-bond donors (Lipinski definition) is 2. The molecule has 1 saturated carbocycles. The van der Waals surface area contributed by atoms with Gasteiger partial charge in [0.1, 0.15) is 5.75 Å². The number of hydrogen-bond acceptors (Lipinski definition) is 4. The molecule has 0 unspecified atom stereocenters. The predicted octanol–water partition coefficient (Wildman–Crippen LogP) is 1.89. The minimum Gasteiger partial charge on any atom is -0.488 e. The molecule has 3 N–H and O–H groups in total. The Morgan fingerprint density at radius 3 is 2.88 bits per heavy atom. The highest BCUT2D eigenvalue weighted by Gasteiger charge is 2.17. The molecule has 1 fully saturated rings. The molecule has 1 aromatic heterocycles. The summed E-state index contributed by atoms with van der Waals surface area (Å²) in [5.41, 5.74) is 6.18. The lowest BCUT2D eigenvalue weighted by Crippen LogP contribution is -2.22. The Labute approximate surface area is 100 Å². The minimum atomic E-state index is 0.0539. The zero-order valence-electron chi connectivity index (χ0n) is 9.67. The summed E-state index contributed by atoms with van der Waals surface area (Å²) in [6, 6.07) is 1.69. The smallest absolute Gasteiger partial charge is 0.173 e. The van der Waals surface area contributed by atoms with Gasteiger partial charge < -0.3 is 15.7 Å². The van der Waals surface area contributed by atoms with E-state index in [-0.39, 0.29) is 11.9 Å². The van der Waals surface area contributed by atoms with Crippen LogP contribution in [0.15, 0.2) is 23.6 Å². The summed E-state index contributed by atoms with van der Waals surface area (Å²) in [4.78, 5) is 4.01. The van der Waals surface area contributed by atoms with Crippen molar-refractivity contribution in [2.45, 2.75) is 38.2 Å². The van der Waals surface area contributed by atoms with Gasteiger partial charge in [0, 0.05) is 6.20 Å². The van der Waals surface area contributed by atoms with Crippen molar-refractivity contribution < 1.29 is 9.94 Å². The van der Waals surface area contributed by atoms with E-state index < -0.39 is 0 Å². The summed E-state index contributed by atoms with van der Waals surface area (Å²) in [5.74, 6) is 0.646. The first kappa shape index (κ1) is 11.7. The molecular weight excluding hydrogens is 218 g/mol. The van der Waals surface area contributed by atoms with Gasteiger partial charge in [0.15, 0.2) is 5.84 Å². The van der Waals surface area contributed by atoms with Crippen LogP contribution in [0.4, 0.5) is 0 Å². The third-order valence-electron chi connectivity index (χ3n) is 3.01. The number of nitrogens with two attached hydrogens (primary N) is 1. The highest BCUT2D eigenvalue weighted by molar-refractivity contribution is 5.99. The summed E-state index contributed by atoms with van der Waals surface area (Å²) in [5, 5.41) is 11.7. The number of oxime groups is 1. The van der Waals surface area contributed by atoms with Crippen molar-refractivity contribution >= 4 is 5.84 Å². The molecular formula is C12H17N3O2. The SMILES string of the molecule is N/C(=N/O)c1ccncc1OC1CCCCC1. The second-order valence-electron chi connectivity index (χ2n) is 4.23. The normalized spacial score (nSPS) is 18.0. The molecule has 1 aromatic rings. The predicted molar refractivity (Wildman–Crippen MR) is 64.2 cm³/mol. The zero-order chi connectivity index (χ0) is 12.1. The molecule has 0 spiro atoms. The van der Waals surface area contributed by atoms with Crippen molar-refractivity contribution in [2.75, 3.05) is 0 Å². The molecule has 17 heavy (non-hydrogen) atoms. The Morgan fingerprint density at radius 2 is 2.18 bits per heavy atom. The van der Waals surface area contributed by atoms with Crippen molar-refractivity contribution in [3.8, 4) is 5.75 Å². The average molecular weight is 235 g/mol. The van der Waals surface area contributed by atoms with Crippen LogP contribution in [0, 0.1) is 0 Å². The van der Waals surface area contributed by atoms with Crippen LogP contribution >= 0.6 is 0 Å². The van der Waals surface area contributed by atoms with Gasteiger partial charge >= 0.3 is 0 Å². The summed E-state index contributed by atoms with van der Waals surface area (Å²) in [6.45, 7) is 0. The van der Waals surface area contributed by atoms with E-state index >= 15 is 0 Å². The van der Waals surface area contributed by atoms with Crippen LogP contribution in [0.2, 0.25) is 0 Å². The van der Waals surface area contributed by atoms with Crippen molar-refractivity contribution in [3.63, 3.8) is 0 Å². The van der Waals surface area contributed by atoms with E-state index in [2.05, 4.69) is 10.1 Å². The molecule has 5 nitrogen and oxygen atoms in total. The maximum atomic E-state index is 8.71. The first-order chi connectivity index (χ1) is 8.31. The molecule has 1 heterocycles. The fourth-order valence-corrected chi connectivity index (χ4v) is 2.10. The van der Waals surface area contributed by atoms with Gasteiger partial charge in [-0.2, -0.15) is 0 Å². The Balaban J connectivity index is 2.14. The topological polar surface area (TPSA) is 80.7 Å². The molecule has 5 heteroatoms. The van der Waals surface area contributed by atoms with E-state index in [1.807, 2.05) is 0 Å². The Kier molecular flexibility index (Phi) is 3.80. The molecule has 0 aliphatic heterocycles. The average Bonchev–Trinajstić information content (AvgIpc) is 2.40. The monoisotopic (exact) mass is 235 g/mol. The van der Waals surface area contributed by atoms with Crippen molar-refractivity contribution in [1.29, 1.82) is 0 Å². The Hall–Kier alpha value is -1.78. The fraction of sp³-hybridized carbons (Fsp3) is 0.500. The number of amidine groups is 1. The van der Waals surface area contributed by atoms with Gasteiger partial charge in [0.05, 0.1) is 17.9 Å². The molecule has 1 aliphatic rings. The third-order valence-corrected chi connectivity index (χ3v) is 3.01. The number of rotatable bonds is 3. The minimum absolute atomic E-state index is 0.0539. The first-order valence-corrected chi connectivity index (χ1v) is 5.90. The lowest BCUT2D eigenvalue weighted by molar-refractivity contribution is 0.154. The molecule has 0 saturated heterocycles. The van der Waals surface area contributed by atoms with E-state index in [0.29, 0.717) is 11.3 Å². The molecule has 2 rings (SSSR count). The number of nitrogens with zero attached hydrogens (tertiary/aromatic N) is 2. The molecule has 1 aliphatic carbocycles. The molecule has 0 bridgehead atoms. The van der Waals surface area contributed by atoms with Crippen molar-refractivity contribution in [3.05, 3.63) is 24.0 Å². The van der Waals surface area contributed by atoms with Crippen molar-refractivity contribution in [2.24, 2.45) is 10.9 Å². The maximum absolute atomic E-state index is 8.71. The van der Waals surface area contributed by atoms with Crippen molar-refractivity contribution in [1.82, 2.24) is 4.98 Å². The fourth-order valence-electron chi connectivity index (χ4n) is 2.10. The van der Waals surface area contributed by atoms with E-state index in [4.69, 9.17) is 15.7 Å². The van der Waals surface area contributed by atoms with Gasteiger partial charge in [0.25, 0.3) is 0 Å². The summed E-state index contributed by atoms with van der Waals surface area (Å²) in [7, 11) is 0. The Bertz CT molecular complexity index is 400. The second-order valence-corrected chi connectivity index (χ2v) is 4.23. The van der Waals surface area contributed by atoms with Gasteiger partial charge in [0.2, 0.25) is 0 Å². The van der Waals surface area contributed by atoms with Crippen LogP contribution < -0.4 is 10.5 Å². The van der Waals surface area contributed by atoms with E-state index in [1.54, 1.807) is 18.5 Å². The summed E-state index contributed by atoms with van der Waals surface area (Å²) in [6.07, 6.45) is 9.23. The zero-order valence-corrected chi connectivity index (χ0v) is 9.67. The molecule has 0 aromatic carbocycles. The first-order valence-electron chi connectivity index (χ1n) is 5.90. The highest BCUT2D eigenvalue weighted by atomic mass is 16.5. The molecule has 0 amide bonds. The number of ether oxygens (including phenoxy) is 1. The van der Waals surface area contributed by atoms with Crippen LogP contribution in [0.25, 0.3) is 0 Å². The van der Waals surface area contributed by atoms with Crippen LogP contribution in [-0.2, 0) is 0 Å². The molecule has 0 radical (unpaired) electrons. The number of pyridine rings is 1. The van der Waals surface area contributed by atoms with E-state index in [9.17, 15) is 0 Å². The standard InChI is InChI=1S/C12H17N3O2/c13-12(15-16)10-6-7-14-8-11(10)17-9-4-2-1-3-5-9/h6-9,16H,1-5H2,(H2,13,15). The lowest BCUT2D eigenvalue weighted by Gasteiger charge is -2.23. The molecule has 92 valence electrons. The Morgan fingerprint density at radius 1 is 1.41 bits per heavy atom. The highest BCUT2D eigenvalue weighted by Crippen LogP contribution is 2.25. The summed E-state index contributed by atoms with van der Waals surface area (Å²) < 4.78 is 5.87. The van der Waals surface area contributed by atoms with Gasteiger partial charge in [-0.05, 0) is 31.7 Å².